The zero-order valence-electron chi connectivity index (χ0n) is 13.1. The van der Waals surface area contributed by atoms with Crippen LogP contribution in [0.3, 0.4) is 0 Å². The lowest BCUT2D eigenvalue weighted by Gasteiger charge is -2.39. The molecule has 0 spiro atoms. The van der Waals surface area contributed by atoms with Crippen LogP contribution < -0.4 is 0 Å². The molecule has 1 atom stereocenters. The minimum atomic E-state index is -0.917. The van der Waals surface area contributed by atoms with Gasteiger partial charge >= 0.3 is 5.97 Å². The zero-order chi connectivity index (χ0) is 16.2. The number of H-pyrrole nitrogens is 1. The fourth-order valence-corrected chi connectivity index (χ4v) is 3.03. The summed E-state index contributed by atoms with van der Waals surface area (Å²) in [7, 11) is 1.56. The molecule has 0 aromatic carbocycles. The van der Waals surface area contributed by atoms with Gasteiger partial charge < -0.3 is 14.7 Å². The second-order valence-electron chi connectivity index (χ2n) is 5.77. The van der Waals surface area contributed by atoms with Crippen molar-refractivity contribution >= 4 is 11.9 Å². The van der Waals surface area contributed by atoms with Gasteiger partial charge in [-0.1, -0.05) is 6.92 Å². The number of carboxylic acid groups (broad SMARTS) is 1. The molecule has 1 aliphatic heterocycles. The van der Waals surface area contributed by atoms with Crippen molar-refractivity contribution in [3.8, 4) is 0 Å². The molecular formula is C15H23N3O4. The first-order valence-electron chi connectivity index (χ1n) is 7.58. The summed E-state index contributed by atoms with van der Waals surface area (Å²) in [5.74, 6) is -1.00. The third-order valence-corrected chi connectivity index (χ3v) is 4.40. The summed E-state index contributed by atoms with van der Waals surface area (Å²) in [4.78, 5) is 26.1. The predicted molar refractivity (Wildman–Crippen MR) is 79.7 cm³/mol. The van der Waals surface area contributed by atoms with E-state index in [-0.39, 0.29) is 12.5 Å². The second-order valence-corrected chi connectivity index (χ2v) is 5.77. The molecule has 0 aliphatic carbocycles. The van der Waals surface area contributed by atoms with Gasteiger partial charge in [0.25, 0.3) is 5.91 Å². The van der Waals surface area contributed by atoms with Crippen molar-refractivity contribution in [3.63, 3.8) is 0 Å². The fraction of sp³-hybridized carbons (Fsp3) is 0.667. The molecule has 1 aliphatic rings. The number of aliphatic carboxylic acids is 1. The highest BCUT2D eigenvalue weighted by atomic mass is 16.5. The van der Waals surface area contributed by atoms with Gasteiger partial charge in [0.15, 0.2) is 0 Å². The quantitative estimate of drug-likeness (QED) is 0.826. The first-order chi connectivity index (χ1) is 10.5. The van der Waals surface area contributed by atoms with E-state index in [0.717, 1.165) is 5.69 Å². The van der Waals surface area contributed by atoms with E-state index in [4.69, 9.17) is 4.74 Å². The van der Waals surface area contributed by atoms with Gasteiger partial charge in [-0.25, -0.2) is 0 Å². The SMILES string of the molecule is CCc1[nH]ncc1C(=O)N1CCCC(CCOC)(C(=O)O)C1. The molecule has 1 unspecified atom stereocenters. The van der Waals surface area contributed by atoms with Crippen molar-refractivity contribution in [1.29, 1.82) is 0 Å². The number of amides is 1. The van der Waals surface area contributed by atoms with Gasteiger partial charge in [-0.15, -0.1) is 0 Å². The standard InChI is InChI=1S/C15H23N3O4/c1-3-12-11(9-16-17-12)13(19)18-7-4-5-15(10-18,14(20)21)6-8-22-2/h9H,3-8,10H2,1-2H3,(H,16,17)(H,20,21). The lowest BCUT2D eigenvalue weighted by molar-refractivity contribution is -0.153. The number of aromatic amines is 1. The maximum atomic E-state index is 12.7. The van der Waals surface area contributed by atoms with E-state index in [1.807, 2.05) is 6.92 Å². The number of aromatic nitrogens is 2. The third kappa shape index (κ3) is 3.14. The number of piperidine rings is 1. The maximum absolute atomic E-state index is 12.7. The summed E-state index contributed by atoms with van der Waals surface area (Å²) in [6.07, 6.45) is 3.87. The van der Waals surface area contributed by atoms with Gasteiger partial charge in [0.1, 0.15) is 0 Å². The number of likely N-dealkylation sites (tertiary alicyclic amines) is 1. The summed E-state index contributed by atoms with van der Waals surface area (Å²) < 4.78 is 5.04. The number of hydrogen-bond acceptors (Lipinski definition) is 4. The van der Waals surface area contributed by atoms with Crippen LogP contribution >= 0.6 is 0 Å². The molecule has 122 valence electrons. The van der Waals surface area contributed by atoms with Crippen molar-refractivity contribution in [2.45, 2.75) is 32.6 Å². The normalized spacial score (nSPS) is 21.8. The Morgan fingerprint density at radius 2 is 2.32 bits per heavy atom. The summed E-state index contributed by atoms with van der Waals surface area (Å²) in [6.45, 7) is 3.12. The van der Waals surface area contributed by atoms with Crippen LogP contribution in [-0.2, 0) is 16.0 Å². The lowest BCUT2D eigenvalue weighted by atomic mass is 9.77. The van der Waals surface area contributed by atoms with Crippen LogP contribution in [0, 0.1) is 5.41 Å². The molecular weight excluding hydrogens is 286 g/mol. The van der Waals surface area contributed by atoms with Crippen LogP contribution in [0.5, 0.6) is 0 Å². The Morgan fingerprint density at radius 3 is 2.95 bits per heavy atom. The van der Waals surface area contributed by atoms with Gasteiger partial charge in [0, 0.05) is 32.5 Å². The molecule has 2 N–H and O–H groups in total. The molecule has 1 aromatic rings. The molecule has 0 bridgehead atoms. The molecule has 22 heavy (non-hydrogen) atoms. The molecule has 1 saturated heterocycles. The molecule has 7 heteroatoms. The maximum Gasteiger partial charge on any atom is 0.311 e. The fourth-order valence-electron chi connectivity index (χ4n) is 3.03. The minimum absolute atomic E-state index is 0.145. The van der Waals surface area contributed by atoms with Crippen LogP contribution in [0.2, 0.25) is 0 Å². The van der Waals surface area contributed by atoms with Crippen LogP contribution in [0.4, 0.5) is 0 Å². The average molecular weight is 309 g/mol. The summed E-state index contributed by atoms with van der Waals surface area (Å²) in [6, 6.07) is 0. The number of carboxylic acids is 1. The van der Waals surface area contributed by atoms with E-state index < -0.39 is 11.4 Å². The number of aryl methyl sites for hydroxylation is 1. The Hall–Kier alpha value is -1.89. The van der Waals surface area contributed by atoms with Gasteiger partial charge in [0.2, 0.25) is 0 Å². The topological polar surface area (TPSA) is 95.5 Å². The predicted octanol–water partition coefficient (Wildman–Crippen LogP) is 1.32. The van der Waals surface area contributed by atoms with E-state index in [1.165, 1.54) is 6.20 Å². The van der Waals surface area contributed by atoms with Gasteiger partial charge in [-0.05, 0) is 25.7 Å². The van der Waals surface area contributed by atoms with E-state index in [1.54, 1.807) is 12.0 Å². The zero-order valence-corrected chi connectivity index (χ0v) is 13.1. The molecule has 7 nitrogen and oxygen atoms in total. The van der Waals surface area contributed by atoms with Crippen molar-refractivity contribution in [3.05, 3.63) is 17.5 Å². The van der Waals surface area contributed by atoms with Crippen molar-refractivity contribution in [2.24, 2.45) is 5.41 Å². The lowest BCUT2D eigenvalue weighted by Crippen LogP contribution is -2.50. The summed E-state index contributed by atoms with van der Waals surface area (Å²) in [5.41, 5.74) is 0.406. The van der Waals surface area contributed by atoms with Crippen molar-refractivity contribution in [1.82, 2.24) is 15.1 Å². The highest BCUT2D eigenvalue weighted by Crippen LogP contribution is 2.34. The largest absolute Gasteiger partial charge is 0.481 e. The number of carbonyl (C=O) groups is 2. The molecule has 0 saturated carbocycles. The van der Waals surface area contributed by atoms with Crippen molar-refractivity contribution < 1.29 is 19.4 Å². The van der Waals surface area contributed by atoms with Gasteiger partial charge in [-0.2, -0.15) is 5.10 Å². The number of rotatable bonds is 6. The number of carbonyl (C=O) groups excluding carboxylic acids is 1. The molecule has 1 fully saturated rings. The monoisotopic (exact) mass is 309 g/mol. The Labute approximate surface area is 129 Å². The molecule has 1 aromatic heterocycles. The van der Waals surface area contributed by atoms with E-state index in [2.05, 4.69) is 10.2 Å². The smallest absolute Gasteiger partial charge is 0.311 e. The number of methoxy groups -OCH3 is 1. The second kappa shape index (κ2) is 6.91. The Bertz CT molecular complexity index is 543. The highest BCUT2D eigenvalue weighted by molar-refractivity contribution is 5.95. The van der Waals surface area contributed by atoms with E-state index in [0.29, 0.717) is 44.4 Å². The Kier molecular flexibility index (Phi) is 5.18. The first-order valence-corrected chi connectivity index (χ1v) is 7.58. The third-order valence-electron chi connectivity index (χ3n) is 4.40. The van der Waals surface area contributed by atoms with Crippen LogP contribution in [0.25, 0.3) is 0 Å². The van der Waals surface area contributed by atoms with Crippen molar-refractivity contribution in [2.75, 3.05) is 26.8 Å². The Morgan fingerprint density at radius 1 is 1.55 bits per heavy atom. The number of hydrogen-bond donors (Lipinski definition) is 2. The highest BCUT2D eigenvalue weighted by Gasteiger charge is 2.43. The molecule has 2 heterocycles. The van der Waals surface area contributed by atoms with E-state index >= 15 is 0 Å². The number of ether oxygens (including phenoxy) is 1. The molecule has 2 rings (SSSR count). The molecule has 1 amide bonds. The number of nitrogens with zero attached hydrogens (tertiary/aromatic N) is 2. The summed E-state index contributed by atoms with van der Waals surface area (Å²) in [5, 5.41) is 16.4. The minimum Gasteiger partial charge on any atom is -0.481 e. The number of nitrogens with one attached hydrogen (secondary N) is 1. The van der Waals surface area contributed by atoms with Gasteiger partial charge in [0.05, 0.1) is 17.2 Å². The van der Waals surface area contributed by atoms with Gasteiger partial charge in [-0.3, -0.25) is 14.7 Å². The van der Waals surface area contributed by atoms with Crippen LogP contribution in [0.15, 0.2) is 6.20 Å². The van der Waals surface area contributed by atoms with Crippen LogP contribution in [0.1, 0.15) is 42.2 Å². The van der Waals surface area contributed by atoms with Crippen LogP contribution in [-0.4, -0.2) is 58.9 Å². The van der Waals surface area contributed by atoms with E-state index in [9.17, 15) is 14.7 Å². The first kappa shape index (κ1) is 16.5. The Balaban J connectivity index is 2.18. The summed E-state index contributed by atoms with van der Waals surface area (Å²) >= 11 is 0. The average Bonchev–Trinajstić information content (AvgIpc) is 3.00. The molecule has 0 radical (unpaired) electrons.